The van der Waals surface area contributed by atoms with Gasteiger partial charge in [-0.2, -0.15) is 24.9 Å². The number of benzene rings is 1. The molecular formula is C14H18F3NOS. The van der Waals surface area contributed by atoms with Crippen LogP contribution in [0.25, 0.3) is 0 Å². The minimum absolute atomic E-state index is 0.469. The van der Waals surface area contributed by atoms with Gasteiger partial charge in [0.25, 0.3) is 0 Å². The number of aryl methyl sites for hydroxylation is 1. The van der Waals surface area contributed by atoms with E-state index in [9.17, 15) is 18.3 Å². The van der Waals surface area contributed by atoms with Gasteiger partial charge in [-0.25, -0.2) is 0 Å². The van der Waals surface area contributed by atoms with E-state index in [1.165, 1.54) is 6.07 Å². The zero-order valence-electron chi connectivity index (χ0n) is 11.3. The molecule has 0 spiro atoms. The summed E-state index contributed by atoms with van der Waals surface area (Å²) in [5.74, 6) is 1.67. The number of rotatable bonds is 4. The predicted octanol–water partition coefficient (Wildman–Crippen LogP) is 2.97. The van der Waals surface area contributed by atoms with Crippen LogP contribution in [0.15, 0.2) is 18.2 Å². The van der Waals surface area contributed by atoms with Gasteiger partial charge in [0, 0.05) is 18.8 Å². The summed E-state index contributed by atoms with van der Waals surface area (Å²) in [5.41, 5.74) is 0.140. The molecule has 2 rings (SSSR count). The topological polar surface area (TPSA) is 32.3 Å². The summed E-state index contributed by atoms with van der Waals surface area (Å²) < 4.78 is 37.7. The Labute approximate surface area is 120 Å². The fraction of sp³-hybridized carbons (Fsp3) is 0.571. The number of halogens is 3. The van der Waals surface area contributed by atoms with Crippen LogP contribution in [0.2, 0.25) is 0 Å². The highest BCUT2D eigenvalue weighted by Gasteiger charge is 2.32. The Bertz CT molecular complexity index is 470. The minimum Gasteiger partial charge on any atom is -0.388 e. The van der Waals surface area contributed by atoms with Crippen LogP contribution in [0, 0.1) is 6.92 Å². The average Bonchev–Trinajstić information content (AvgIpc) is 2.77. The lowest BCUT2D eigenvalue weighted by Gasteiger charge is -2.22. The maximum Gasteiger partial charge on any atom is 0.416 e. The van der Waals surface area contributed by atoms with Gasteiger partial charge in [-0.15, -0.1) is 0 Å². The number of hydrogen-bond donors (Lipinski definition) is 2. The first-order chi connectivity index (χ1) is 9.30. The van der Waals surface area contributed by atoms with Crippen molar-refractivity contribution in [2.24, 2.45) is 0 Å². The Morgan fingerprint density at radius 2 is 2.15 bits per heavy atom. The second-order valence-electron chi connectivity index (χ2n) is 5.27. The molecule has 0 radical (unpaired) electrons. The summed E-state index contributed by atoms with van der Waals surface area (Å²) in [7, 11) is 0. The van der Waals surface area contributed by atoms with Crippen molar-refractivity contribution >= 4 is 11.8 Å². The molecule has 112 valence electrons. The Hall–Kier alpha value is -0.720. The first-order valence-corrected chi connectivity index (χ1v) is 7.63. The summed E-state index contributed by atoms with van der Waals surface area (Å²) in [6.07, 6.45) is -3.54. The van der Waals surface area contributed by atoms with Crippen molar-refractivity contribution in [3.63, 3.8) is 0 Å². The summed E-state index contributed by atoms with van der Waals surface area (Å²) >= 11 is 1.72. The van der Waals surface area contributed by atoms with E-state index in [1.807, 2.05) is 0 Å². The molecule has 1 fully saturated rings. The zero-order valence-corrected chi connectivity index (χ0v) is 12.1. The fourth-order valence-electron chi connectivity index (χ4n) is 2.24. The maximum atomic E-state index is 12.6. The van der Waals surface area contributed by atoms with Gasteiger partial charge in [0.15, 0.2) is 0 Å². The normalized spacial score (nSPS) is 23.2. The van der Waals surface area contributed by atoms with Gasteiger partial charge in [-0.1, -0.05) is 6.07 Å². The third-order valence-corrected chi connectivity index (χ3v) is 4.76. The fourth-order valence-corrected chi connectivity index (χ4v) is 3.53. The van der Waals surface area contributed by atoms with Crippen LogP contribution in [-0.2, 0) is 12.7 Å². The van der Waals surface area contributed by atoms with Gasteiger partial charge in [0.1, 0.15) is 0 Å². The Kier molecular flexibility index (Phi) is 4.66. The number of nitrogens with one attached hydrogen (secondary N) is 1. The van der Waals surface area contributed by atoms with E-state index >= 15 is 0 Å². The molecule has 20 heavy (non-hydrogen) atoms. The van der Waals surface area contributed by atoms with E-state index in [0.29, 0.717) is 24.4 Å². The van der Waals surface area contributed by atoms with Crippen molar-refractivity contribution in [1.82, 2.24) is 5.32 Å². The SMILES string of the molecule is Cc1cc(C(F)(F)F)ccc1CNC[C@@]1(O)CCSC1. The number of thioether (sulfide) groups is 1. The summed E-state index contributed by atoms with van der Waals surface area (Å²) in [6, 6.07) is 3.76. The minimum atomic E-state index is -4.30. The molecule has 2 nitrogen and oxygen atoms in total. The molecule has 2 N–H and O–H groups in total. The van der Waals surface area contributed by atoms with Gasteiger partial charge in [-0.05, 0) is 42.4 Å². The Morgan fingerprint density at radius 3 is 2.70 bits per heavy atom. The number of aliphatic hydroxyl groups is 1. The molecule has 0 bridgehead atoms. The lowest BCUT2D eigenvalue weighted by Crippen LogP contribution is -2.40. The predicted molar refractivity (Wildman–Crippen MR) is 74.8 cm³/mol. The van der Waals surface area contributed by atoms with E-state index in [2.05, 4.69) is 5.32 Å². The van der Waals surface area contributed by atoms with Crippen LogP contribution >= 0.6 is 11.8 Å². The maximum absolute atomic E-state index is 12.6. The van der Waals surface area contributed by atoms with Crippen LogP contribution in [0.1, 0.15) is 23.1 Å². The smallest absolute Gasteiger partial charge is 0.388 e. The van der Waals surface area contributed by atoms with Gasteiger partial charge in [0.2, 0.25) is 0 Å². The Morgan fingerprint density at radius 1 is 1.40 bits per heavy atom. The molecule has 0 aromatic heterocycles. The lowest BCUT2D eigenvalue weighted by molar-refractivity contribution is -0.137. The third kappa shape index (κ3) is 3.90. The molecule has 0 amide bonds. The number of hydrogen-bond acceptors (Lipinski definition) is 3. The summed E-state index contributed by atoms with van der Waals surface area (Å²) in [5, 5.41) is 13.3. The van der Waals surface area contributed by atoms with E-state index in [1.54, 1.807) is 18.7 Å². The zero-order chi connectivity index (χ0) is 14.8. The molecule has 1 heterocycles. The van der Waals surface area contributed by atoms with Crippen molar-refractivity contribution in [1.29, 1.82) is 0 Å². The van der Waals surface area contributed by atoms with Gasteiger partial charge < -0.3 is 10.4 Å². The van der Waals surface area contributed by atoms with Crippen LogP contribution in [-0.4, -0.2) is 28.8 Å². The van der Waals surface area contributed by atoms with Crippen molar-refractivity contribution in [3.8, 4) is 0 Å². The van der Waals surface area contributed by atoms with Crippen LogP contribution in [0.4, 0.5) is 13.2 Å². The van der Waals surface area contributed by atoms with E-state index < -0.39 is 17.3 Å². The van der Waals surface area contributed by atoms with Crippen molar-refractivity contribution in [3.05, 3.63) is 34.9 Å². The second kappa shape index (κ2) is 5.95. The highest BCUT2D eigenvalue weighted by molar-refractivity contribution is 7.99. The largest absolute Gasteiger partial charge is 0.416 e. The number of alkyl halides is 3. The van der Waals surface area contributed by atoms with Gasteiger partial charge >= 0.3 is 6.18 Å². The molecule has 1 saturated heterocycles. The van der Waals surface area contributed by atoms with Crippen LogP contribution < -0.4 is 5.32 Å². The molecular weight excluding hydrogens is 287 g/mol. The summed E-state index contributed by atoms with van der Waals surface area (Å²) in [4.78, 5) is 0. The molecule has 1 aromatic carbocycles. The van der Waals surface area contributed by atoms with E-state index in [-0.39, 0.29) is 0 Å². The van der Waals surface area contributed by atoms with Crippen molar-refractivity contribution < 1.29 is 18.3 Å². The lowest BCUT2D eigenvalue weighted by atomic mass is 10.0. The van der Waals surface area contributed by atoms with Crippen molar-refractivity contribution in [2.45, 2.75) is 31.7 Å². The molecule has 1 aliphatic heterocycles. The third-order valence-electron chi connectivity index (χ3n) is 3.52. The second-order valence-corrected chi connectivity index (χ2v) is 6.37. The highest BCUT2D eigenvalue weighted by Crippen LogP contribution is 2.30. The highest BCUT2D eigenvalue weighted by atomic mass is 32.2. The summed E-state index contributed by atoms with van der Waals surface area (Å²) in [6.45, 7) is 2.61. The molecule has 0 unspecified atom stereocenters. The molecule has 6 heteroatoms. The van der Waals surface area contributed by atoms with Gasteiger partial charge in [0.05, 0.1) is 11.2 Å². The van der Waals surface area contributed by atoms with Gasteiger partial charge in [-0.3, -0.25) is 0 Å². The van der Waals surface area contributed by atoms with E-state index in [0.717, 1.165) is 29.9 Å². The molecule has 1 aliphatic rings. The quantitative estimate of drug-likeness (QED) is 0.897. The first-order valence-electron chi connectivity index (χ1n) is 6.48. The average molecular weight is 305 g/mol. The van der Waals surface area contributed by atoms with Crippen LogP contribution in [0.3, 0.4) is 0 Å². The molecule has 0 aliphatic carbocycles. The van der Waals surface area contributed by atoms with Crippen LogP contribution in [0.5, 0.6) is 0 Å². The Balaban J connectivity index is 1.93. The van der Waals surface area contributed by atoms with Crippen molar-refractivity contribution in [2.75, 3.05) is 18.1 Å². The molecule has 1 aromatic rings. The first kappa shape index (κ1) is 15.7. The molecule has 1 atom stereocenters. The monoisotopic (exact) mass is 305 g/mol. The standard InChI is InChI=1S/C14H18F3NOS/c1-10-6-12(14(15,16)17)3-2-11(10)7-18-8-13(19)4-5-20-9-13/h2-3,6,18-19H,4-5,7-9H2,1H3/t13-/m0/s1. The molecule has 0 saturated carbocycles. The van der Waals surface area contributed by atoms with E-state index in [4.69, 9.17) is 0 Å².